The topological polar surface area (TPSA) is 0 Å². The third-order valence-electron chi connectivity index (χ3n) is 8.38. The van der Waals surface area contributed by atoms with E-state index in [9.17, 15) is 0 Å². The van der Waals surface area contributed by atoms with Gasteiger partial charge in [-0.3, -0.25) is 0 Å². The van der Waals surface area contributed by atoms with E-state index in [0.717, 1.165) is 0 Å². The average molecular weight is 455 g/mol. The minimum atomic E-state index is -2.13. The summed E-state index contributed by atoms with van der Waals surface area (Å²) in [5.74, 6) is 0. The Kier molecular flexibility index (Phi) is 5.54. The summed E-state index contributed by atoms with van der Waals surface area (Å²) in [6, 6.07) is 32.2. The largest absolute Gasteiger partial charge is 0.120 e. The van der Waals surface area contributed by atoms with Gasteiger partial charge in [0.25, 0.3) is 0 Å². The molecule has 0 N–H and O–H groups in total. The number of hydrogen-bond donors (Lipinski definition) is 0. The van der Waals surface area contributed by atoms with Crippen molar-refractivity contribution in [3.63, 3.8) is 0 Å². The third kappa shape index (κ3) is 3.22. The highest BCUT2D eigenvalue weighted by molar-refractivity contribution is 7.22. The van der Waals surface area contributed by atoms with Crippen molar-refractivity contribution >= 4 is 36.9 Å². The quantitative estimate of drug-likeness (QED) is 0.350. The zero-order valence-electron chi connectivity index (χ0n) is 21.1. The van der Waals surface area contributed by atoms with E-state index in [1.807, 2.05) is 0 Å². The fourth-order valence-corrected chi connectivity index (χ4v) is 17.3. The maximum atomic E-state index is 2.63. The Morgan fingerprint density at radius 2 is 0.719 bits per heavy atom. The second-order valence-corrected chi connectivity index (χ2v) is 21.4. The SMILES string of the molecule is CC(C)(C)[Si@@]1(C)C(c2ccccc2)=C(c2ccccc2)[Si@@](C)(C(C)(C)C)c2ccccc21. The molecule has 32 heavy (non-hydrogen) atoms. The summed E-state index contributed by atoms with van der Waals surface area (Å²) in [7, 11) is -4.26. The summed E-state index contributed by atoms with van der Waals surface area (Å²) in [4.78, 5) is 0. The van der Waals surface area contributed by atoms with Gasteiger partial charge in [0.05, 0.1) is 0 Å². The number of fused-ring (bicyclic) bond motifs is 1. The lowest BCUT2D eigenvalue weighted by atomic mass is 10.1. The highest BCUT2D eigenvalue weighted by Crippen LogP contribution is 2.55. The van der Waals surface area contributed by atoms with E-state index < -0.39 is 16.1 Å². The Morgan fingerprint density at radius 3 is 1.00 bits per heavy atom. The molecule has 1 aliphatic heterocycles. The number of hydrogen-bond acceptors (Lipinski definition) is 0. The van der Waals surface area contributed by atoms with Crippen LogP contribution in [0.2, 0.25) is 23.2 Å². The van der Waals surface area contributed by atoms with E-state index >= 15 is 0 Å². The van der Waals surface area contributed by atoms with Gasteiger partial charge in [0.1, 0.15) is 16.1 Å². The molecule has 0 unspecified atom stereocenters. The average Bonchev–Trinajstić information content (AvgIpc) is 2.75. The van der Waals surface area contributed by atoms with Crippen LogP contribution in [0.5, 0.6) is 0 Å². The highest BCUT2D eigenvalue weighted by atomic mass is 28.3. The van der Waals surface area contributed by atoms with Crippen LogP contribution in [0.25, 0.3) is 10.4 Å². The molecule has 0 aliphatic carbocycles. The van der Waals surface area contributed by atoms with E-state index in [1.165, 1.54) is 11.1 Å². The molecule has 0 aromatic heterocycles. The van der Waals surface area contributed by atoms with Crippen molar-refractivity contribution in [3.05, 3.63) is 96.1 Å². The molecule has 3 aromatic carbocycles. The van der Waals surface area contributed by atoms with Gasteiger partial charge in [0, 0.05) is 0 Å². The molecule has 0 bridgehead atoms. The standard InChI is InChI=1S/C30H38Si2/c1-29(2,3)31(7)25-21-15-16-22-26(25)32(8,30(4,5)6)28(24-19-13-10-14-20-24)27(31)23-17-11-9-12-18-23/h9-22H,1-8H3/t31-,32+. The van der Waals surface area contributed by atoms with Gasteiger partial charge in [0.15, 0.2) is 0 Å². The fourth-order valence-electron chi connectivity index (χ4n) is 5.76. The molecule has 0 nitrogen and oxygen atoms in total. The molecule has 166 valence electrons. The molecule has 0 radical (unpaired) electrons. The molecule has 1 heterocycles. The smallest absolute Gasteiger partial charge is 0.0627 e. The predicted molar refractivity (Wildman–Crippen MR) is 148 cm³/mol. The number of benzene rings is 3. The zero-order chi connectivity index (χ0) is 23.4. The molecule has 1 aliphatic rings. The van der Waals surface area contributed by atoms with Crippen molar-refractivity contribution in [1.82, 2.24) is 0 Å². The summed E-state index contributed by atoms with van der Waals surface area (Å²) in [5, 5.41) is 7.02. The second kappa shape index (κ2) is 7.71. The molecular weight excluding hydrogens is 417 g/mol. The molecule has 2 heteroatoms. The molecular formula is C30H38Si2. The van der Waals surface area contributed by atoms with Gasteiger partial charge in [0.2, 0.25) is 0 Å². The fraction of sp³-hybridized carbons (Fsp3) is 0.333. The van der Waals surface area contributed by atoms with Gasteiger partial charge in [-0.1, -0.05) is 150 Å². The minimum absolute atomic E-state index is 0.182. The minimum Gasteiger partial charge on any atom is -0.0627 e. The summed E-state index contributed by atoms with van der Waals surface area (Å²) >= 11 is 0. The summed E-state index contributed by atoms with van der Waals surface area (Å²) in [6.07, 6.45) is 0. The lowest BCUT2D eigenvalue weighted by Gasteiger charge is -2.55. The van der Waals surface area contributed by atoms with Crippen LogP contribution in [0.15, 0.2) is 84.9 Å². The molecule has 0 saturated carbocycles. The Hall–Kier alpha value is -2.17. The van der Waals surface area contributed by atoms with Crippen molar-refractivity contribution in [3.8, 4) is 0 Å². The first-order valence-electron chi connectivity index (χ1n) is 11.9. The Labute approximate surface area is 197 Å². The van der Waals surface area contributed by atoms with Crippen LogP contribution in [0.4, 0.5) is 0 Å². The van der Waals surface area contributed by atoms with Crippen molar-refractivity contribution in [2.75, 3.05) is 0 Å². The van der Waals surface area contributed by atoms with Crippen molar-refractivity contribution in [2.45, 2.75) is 64.7 Å². The van der Waals surface area contributed by atoms with Crippen LogP contribution in [0.1, 0.15) is 52.7 Å². The van der Waals surface area contributed by atoms with Gasteiger partial charge in [-0.05, 0) is 31.6 Å². The lowest BCUT2D eigenvalue weighted by molar-refractivity contribution is 0.729. The maximum Gasteiger partial charge on any atom is 0.120 e. The Balaban J connectivity index is 2.30. The van der Waals surface area contributed by atoms with Crippen molar-refractivity contribution < 1.29 is 0 Å². The molecule has 2 atom stereocenters. The first-order chi connectivity index (χ1) is 14.9. The van der Waals surface area contributed by atoms with Gasteiger partial charge in [-0.2, -0.15) is 0 Å². The normalized spacial score (nSPS) is 23.8. The third-order valence-corrected chi connectivity index (χ3v) is 21.0. The van der Waals surface area contributed by atoms with Crippen LogP contribution in [-0.4, -0.2) is 16.1 Å². The van der Waals surface area contributed by atoms with Crippen LogP contribution in [-0.2, 0) is 0 Å². The second-order valence-electron chi connectivity index (χ2n) is 11.8. The molecule has 0 saturated heterocycles. The first-order valence-corrected chi connectivity index (χ1v) is 16.9. The Bertz CT molecular complexity index is 1050. The summed E-state index contributed by atoms with van der Waals surface area (Å²) in [6.45, 7) is 20.1. The lowest BCUT2D eigenvalue weighted by Crippen LogP contribution is -2.71. The van der Waals surface area contributed by atoms with Crippen LogP contribution in [0.3, 0.4) is 0 Å². The van der Waals surface area contributed by atoms with Gasteiger partial charge < -0.3 is 0 Å². The predicted octanol–water partition coefficient (Wildman–Crippen LogP) is 7.56. The van der Waals surface area contributed by atoms with Crippen LogP contribution >= 0.6 is 0 Å². The Morgan fingerprint density at radius 1 is 0.438 bits per heavy atom. The van der Waals surface area contributed by atoms with Crippen molar-refractivity contribution in [2.24, 2.45) is 0 Å². The summed E-state index contributed by atoms with van der Waals surface area (Å²) < 4.78 is 0. The van der Waals surface area contributed by atoms with Gasteiger partial charge in [-0.15, -0.1) is 0 Å². The van der Waals surface area contributed by atoms with E-state index in [0.29, 0.717) is 0 Å². The van der Waals surface area contributed by atoms with E-state index in [2.05, 4.69) is 140 Å². The van der Waals surface area contributed by atoms with Crippen LogP contribution in [0, 0.1) is 0 Å². The van der Waals surface area contributed by atoms with Crippen molar-refractivity contribution in [1.29, 1.82) is 0 Å². The zero-order valence-corrected chi connectivity index (χ0v) is 23.1. The van der Waals surface area contributed by atoms with E-state index in [1.54, 1.807) is 20.8 Å². The monoisotopic (exact) mass is 454 g/mol. The molecule has 4 rings (SSSR count). The van der Waals surface area contributed by atoms with Gasteiger partial charge in [-0.25, -0.2) is 0 Å². The van der Waals surface area contributed by atoms with Gasteiger partial charge >= 0.3 is 0 Å². The maximum absolute atomic E-state index is 2.63. The molecule has 0 spiro atoms. The first kappa shape index (κ1) is 23.0. The van der Waals surface area contributed by atoms with E-state index in [-0.39, 0.29) is 10.1 Å². The van der Waals surface area contributed by atoms with Crippen LogP contribution < -0.4 is 10.4 Å². The number of rotatable bonds is 2. The van der Waals surface area contributed by atoms with E-state index in [4.69, 9.17) is 0 Å². The molecule has 0 amide bonds. The molecule has 0 fully saturated rings. The highest BCUT2D eigenvalue weighted by Gasteiger charge is 2.58. The molecule has 3 aromatic rings. The summed E-state index contributed by atoms with van der Waals surface area (Å²) in [5.41, 5.74) is 2.85.